The molecule has 1 aromatic heterocycles. The van der Waals surface area contributed by atoms with Crippen LogP contribution in [0.15, 0.2) is 0 Å². The lowest BCUT2D eigenvalue weighted by molar-refractivity contribution is -0.0741. The van der Waals surface area contributed by atoms with Crippen molar-refractivity contribution in [2.75, 3.05) is 13.7 Å². The van der Waals surface area contributed by atoms with Gasteiger partial charge in [0.25, 0.3) is 0 Å². The first kappa shape index (κ1) is 15.9. The molecule has 0 spiro atoms. The second-order valence-corrected chi connectivity index (χ2v) is 6.56. The van der Waals surface area contributed by atoms with Gasteiger partial charge in [0.2, 0.25) is 0 Å². The minimum absolute atomic E-state index is 0.00689. The summed E-state index contributed by atoms with van der Waals surface area (Å²) in [5.74, 6) is -1.07. The van der Waals surface area contributed by atoms with Crippen molar-refractivity contribution < 1.29 is 19.4 Å². The molecule has 7 heteroatoms. The number of hydrogen-bond acceptors (Lipinski definition) is 5. The highest BCUT2D eigenvalue weighted by Gasteiger charge is 2.48. The van der Waals surface area contributed by atoms with Gasteiger partial charge in [-0.1, -0.05) is 5.21 Å². The lowest BCUT2D eigenvalue weighted by atomic mass is 9.94. The summed E-state index contributed by atoms with van der Waals surface area (Å²) >= 11 is 0. The van der Waals surface area contributed by atoms with Crippen molar-refractivity contribution in [3.63, 3.8) is 0 Å². The Balaban J connectivity index is 2.41. The van der Waals surface area contributed by atoms with Gasteiger partial charge in [-0.15, -0.1) is 5.10 Å². The molecule has 1 atom stereocenters. The summed E-state index contributed by atoms with van der Waals surface area (Å²) in [5.41, 5.74) is -0.132. The molecule has 1 N–H and O–H groups in total. The molecule has 0 amide bonds. The van der Waals surface area contributed by atoms with Crippen LogP contribution in [-0.2, 0) is 15.9 Å². The molecular formula is C14H23N3O4. The summed E-state index contributed by atoms with van der Waals surface area (Å²) < 4.78 is 12.8. The number of nitrogens with zero attached hydrogens (tertiary/aromatic N) is 3. The average molecular weight is 297 g/mol. The second-order valence-electron chi connectivity index (χ2n) is 6.56. The van der Waals surface area contributed by atoms with Crippen molar-refractivity contribution in [3.05, 3.63) is 11.4 Å². The third-order valence-electron chi connectivity index (χ3n) is 3.86. The molecule has 1 fully saturated rings. The van der Waals surface area contributed by atoms with Crippen LogP contribution in [0.1, 0.15) is 56.3 Å². The first-order chi connectivity index (χ1) is 9.68. The summed E-state index contributed by atoms with van der Waals surface area (Å²) in [4.78, 5) is 11.3. The van der Waals surface area contributed by atoms with Crippen LogP contribution in [0.5, 0.6) is 0 Å². The van der Waals surface area contributed by atoms with E-state index in [4.69, 9.17) is 9.47 Å². The maximum atomic E-state index is 11.3. The Labute approximate surface area is 124 Å². The van der Waals surface area contributed by atoms with Gasteiger partial charge in [-0.3, -0.25) is 0 Å². The van der Waals surface area contributed by atoms with Crippen molar-refractivity contribution in [1.82, 2.24) is 15.0 Å². The Morgan fingerprint density at radius 3 is 2.62 bits per heavy atom. The minimum atomic E-state index is -1.07. The summed E-state index contributed by atoms with van der Waals surface area (Å²) in [6.07, 6.45) is 1.21. The molecular weight excluding hydrogens is 274 g/mol. The monoisotopic (exact) mass is 297 g/mol. The fraction of sp³-hybridized carbons (Fsp3) is 0.786. The highest BCUT2D eigenvalue weighted by atomic mass is 16.5. The zero-order valence-corrected chi connectivity index (χ0v) is 13.2. The molecule has 0 bridgehead atoms. The fourth-order valence-corrected chi connectivity index (χ4v) is 3.08. The van der Waals surface area contributed by atoms with Gasteiger partial charge < -0.3 is 14.6 Å². The highest BCUT2D eigenvalue weighted by Crippen LogP contribution is 2.45. The Morgan fingerprint density at radius 2 is 2.14 bits per heavy atom. The lowest BCUT2D eigenvalue weighted by Crippen LogP contribution is -2.32. The fourth-order valence-electron chi connectivity index (χ4n) is 3.08. The van der Waals surface area contributed by atoms with Gasteiger partial charge >= 0.3 is 5.97 Å². The van der Waals surface area contributed by atoms with Crippen LogP contribution >= 0.6 is 0 Å². The number of methoxy groups -OCH3 is 1. The van der Waals surface area contributed by atoms with Crippen molar-refractivity contribution in [3.8, 4) is 0 Å². The van der Waals surface area contributed by atoms with E-state index >= 15 is 0 Å². The predicted octanol–water partition coefficient (Wildman–Crippen LogP) is 1.68. The van der Waals surface area contributed by atoms with E-state index in [1.165, 1.54) is 0 Å². The van der Waals surface area contributed by atoms with E-state index in [-0.39, 0.29) is 17.3 Å². The summed E-state index contributed by atoms with van der Waals surface area (Å²) in [6, 6.07) is -0.0556. The molecule has 1 aliphatic rings. The maximum Gasteiger partial charge on any atom is 0.358 e. The zero-order chi connectivity index (χ0) is 15.8. The van der Waals surface area contributed by atoms with Crippen molar-refractivity contribution in [2.45, 2.75) is 57.8 Å². The van der Waals surface area contributed by atoms with Gasteiger partial charge in [0.1, 0.15) is 0 Å². The van der Waals surface area contributed by atoms with Crippen LogP contribution in [0.3, 0.4) is 0 Å². The SMILES string of the molecule is COCCc1c(C(=O)O)nnn1C1CC(C)(C)OC1(C)C. The molecule has 1 aromatic rings. The topological polar surface area (TPSA) is 86.5 Å². The van der Waals surface area contributed by atoms with Crippen LogP contribution in [0, 0.1) is 0 Å². The van der Waals surface area contributed by atoms with Crippen LogP contribution in [-0.4, -0.2) is 51.0 Å². The molecule has 0 aromatic carbocycles. The average Bonchev–Trinajstić information content (AvgIpc) is 2.83. The third kappa shape index (κ3) is 3.08. The number of rotatable bonds is 5. The Bertz CT molecular complexity index is 536. The van der Waals surface area contributed by atoms with Crippen LogP contribution in [0.2, 0.25) is 0 Å². The summed E-state index contributed by atoms with van der Waals surface area (Å²) in [6.45, 7) is 8.46. The largest absolute Gasteiger partial charge is 0.476 e. The van der Waals surface area contributed by atoms with Crippen molar-refractivity contribution in [2.24, 2.45) is 0 Å². The quantitative estimate of drug-likeness (QED) is 0.890. The molecule has 118 valence electrons. The molecule has 0 saturated carbocycles. The van der Waals surface area contributed by atoms with Crippen LogP contribution in [0.4, 0.5) is 0 Å². The molecule has 0 radical (unpaired) electrons. The van der Waals surface area contributed by atoms with Crippen molar-refractivity contribution in [1.29, 1.82) is 0 Å². The first-order valence-corrected chi connectivity index (χ1v) is 7.04. The van der Waals surface area contributed by atoms with Crippen LogP contribution in [0.25, 0.3) is 0 Å². The highest BCUT2D eigenvalue weighted by molar-refractivity contribution is 5.86. The van der Waals surface area contributed by atoms with Crippen LogP contribution < -0.4 is 0 Å². The zero-order valence-electron chi connectivity index (χ0n) is 13.2. The first-order valence-electron chi connectivity index (χ1n) is 7.04. The van der Waals surface area contributed by atoms with E-state index in [1.807, 2.05) is 27.7 Å². The number of carbonyl (C=O) groups is 1. The number of carboxylic acids is 1. The minimum Gasteiger partial charge on any atom is -0.476 e. The second kappa shape index (κ2) is 5.38. The molecule has 7 nitrogen and oxygen atoms in total. The number of ether oxygens (including phenoxy) is 2. The number of aromatic nitrogens is 3. The molecule has 2 heterocycles. The smallest absolute Gasteiger partial charge is 0.358 e. The summed E-state index contributed by atoms with van der Waals surface area (Å²) in [5, 5.41) is 17.2. The number of aromatic carboxylic acids is 1. The summed E-state index contributed by atoms with van der Waals surface area (Å²) in [7, 11) is 1.58. The predicted molar refractivity (Wildman–Crippen MR) is 75.5 cm³/mol. The van der Waals surface area contributed by atoms with Crippen molar-refractivity contribution >= 4 is 5.97 Å². The standard InChI is InChI=1S/C14H23N3O4/c1-13(2)8-10(14(3,4)21-13)17-9(6-7-20-5)11(12(18)19)15-16-17/h10H,6-8H2,1-5H3,(H,18,19). The van der Waals surface area contributed by atoms with E-state index in [9.17, 15) is 9.90 Å². The van der Waals surface area contributed by atoms with Gasteiger partial charge in [-0.2, -0.15) is 0 Å². The Kier molecular flexibility index (Phi) is 4.08. The Hall–Kier alpha value is -1.47. The maximum absolute atomic E-state index is 11.3. The molecule has 21 heavy (non-hydrogen) atoms. The van der Waals surface area contributed by atoms with E-state index in [1.54, 1.807) is 11.8 Å². The van der Waals surface area contributed by atoms with Gasteiger partial charge in [0, 0.05) is 20.0 Å². The van der Waals surface area contributed by atoms with E-state index in [2.05, 4.69) is 10.3 Å². The van der Waals surface area contributed by atoms with Gasteiger partial charge in [-0.05, 0) is 27.7 Å². The molecule has 1 saturated heterocycles. The number of hydrogen-bond donors (Lipinski definition) is 1. The molecule has 0 aliphatic carbocycles. The van der Waals surface area contributed by atoms with Gasteiger partial charge in [0.15, 0.2) is 5.69 Å². The lowest BCUT2D eigenvalue weighted by Gasteiger charge is -2.27. The van der Waals surface area contributed by atoms with Gasteiger partial charge in [0.05, 0.1) is 29.5 Å². The number of carboxylic acid groups (broad SMARTS) is 1. The van der Waals surface area contributed by atoms with Gasteiger partial charge in [-0.25, -0.2) is 9.48 Å². The van der Waals surface area contributed by atoms with E-state index in [0.29, 0.717) is 18.7 Å². The molecule has 2 rings (SSSR count). The molecule has 1 aliphatic heterocycles. The van der Waals surface area contributed by atoms with E-state index in [0.717, 1.165) is 6.42 Å². The normalized spacial score (nSPS) is 23.4. The Morgan fingerprint density at radius 1 is 1.48 bits per heavy atom. The van der Waals surface area contributed by atoms with E-state index < -0.39 is 11.6 Å². The molecule has 1 unspecified atom stereocenters. The third-order valence-corrected chi connectivity index (χ3v) is 3.86.